The van der Waals surface area contributed by atoms with E-state index in [1.807, 2.05) is 17.3 Å². The van der Waals surface area contributed by atoms with Gasteiger partial charge in [0.15, 0.2) is 0 Å². The summed E-state index contributed by atoms with van der Waals surface area (Å²) < 4.78 is 10.3. The van der Waals surface area contributed by atoms with Gasteiger partial charge in [0.1, 0.15) is 5.82 Å². The van der Waals surface area contributed by atoms with Crippen LogP contribution < -0.4 is 10.9 Å². The number of fused-ring (bicyclic) bond motifs is 2. The van der Waals surface area contributed by atoms with Gasteiger partial charge in [-0.2, -0.15) is 0 Å². The summed E-state index contributed by atoms with van der Waals surface area (Å²) in [6.07, 6.45) is 10.5. The molecule has 2 aliphatic heterocycles. The Kier molecular flexibility index (Phi) is 11.1. The van der Waals surface area contributed by atoms with Crippen LogP contribution in [-0.2, 0) is 30.4 Å². The van der Waals surface area contributed by atoms with E-state index in [9.17, 15) is 19.2 Å². The van der Waals surface area contributed by atoms with E-state index in [0.717, 1.165) is 83.6 Å². The van der Waals surface area contributed by atoms with E-state index in [-0.39, 0.29) is 48.2 Å². The highest BCUT2D eigenvalue weighted by Gasteiger charge is 2.52. The van der Waals surface area contributed by atoms with Crippen LogP contribution in [0.2, 0.25) is 0 Å². The van der Waals surface area contributed by atoms with Crippen LogP contribution in [0.4, 0.5) is 0 Å². The van der Waals surface area contributed by atoms with Crippen molar-refractivity contribution in [3.8, 4) is 22.4 Å². The topological polar surface area (TPSA) is 159 Å². The highest BCUT2D eigenvalue weighted by molar-refractivity contribution is 6.02. The Hall–Kier alpha value is -5.62. The first-order valence-corrected chi connectivity index (χ1v) is 20.1. The van der Waals surface area contributed by atoms with Gasteiger partial charge in [0.05, 0.1) is 43.5 Å². The highest BCUT2D eigenvalue weighted by atomic mass is 16.5. The van der Waals surface area contributed by atoms with E-state index in [1.165, 1.54) is 7.11 Å². The van der Waals surface area contributed by atoms with Gasteiger partial charge in [-0.15, -0.1) is 0 Å². The predicted molar refractivity (Wildman–Crippen MR) is 216 cm³/mol. The van der Waals surface area contributed by atoms with Crippen LogP contribution in [0.15, 0.2) is 89.0 Å². The second kappa shape index (κ2) is 16.5. The molecule has 0 radical (unpaired) electrons. The summed E-state index contributed by atoms with van der Waals surface area (Å²) in [5.41, 5.74) is 7.83. The number of amides is 2. The number of esters is 1. The number of allylic oxidation sites excluding steroid dienone is 1. The maximum atomic E-state index is 13.7. The van der Waals surface area contributed by atoms with Crippen molar-refractivity contribution in [3.63, 3.8) is 0 Å². The number of imidazole rings is 1. The number of aromatic nitrogens is 3. The number of nitrogens with zero attached hydrogens (tertiary/aromatic N) is 3. The fraction of sp³-hybridized carbons (Fsp3) is 0.422. The molecular weight excluding hydrogens is 721 g/mol. The number of H-pyrrole nitrogens is 2. The standard InChI is InChI=1S/C45H50N6O6/c1-26(56-2)35(22-39(52)57-3)45(55)51-19-5-7-38(51)42-48-25-37(50-42)30-14-12-28(13-15-30)27-8-10-29(11-9-27)34-21-36(47-24-34)40-31-16-17-32(20-31)41(40)44(54)49-23-33-6-4-18-46-43(33)53/h4,6,8-15,18,24-26,31-32,35,38,40-41H,5,7,16-17,19-23H2,1-3H3,(H,46,53)(H,48,50)(H,49,54)/t26-,31?,32?,35+,38+,40+,41-/m1/s1. The van der Waals surface area contributed by atoms with Crippen LogP contribution in [0.25, 0.3) is 28.0 Å². The molecule has 4 aromatic rings. The molecule has 3 fully saturated rings. The zero-order valence-corrected chi connectivity index (χ0v) is 32.7. The van der Waals surface area contributed by atoms with Crippen molar-refractivity contribution in [2.45, 2.75) is 70.6 Å². The summed E-state index contributed by atoms with van der Waals surface area (Å²) in [6.45, 7) is 2.62. The van der Waals surface area contributed by atoms with Crippen molar-refractivity contribution < 1.29 is 23.9 Å². The first-order chi connectivity index (χ1) is 27.7. The van der Waals surface area contributed by atoms with Gasteiger partial charge in [-0.1, -0.05) is 54.6 Å². The number of carbonyl (C=O) groups is 3. The van der Waals surface area contributed by atoms with Crippen molar-refractivity contribution in [1.29, 1.82) is 0 Å². The van der Waals surface area contributed by atoms with E-state index in [1.54, 1.807) is 32.4 Å². The molecule has 0 spiro atoms. The SMILES string of the molecule is COC(=O)C[C@H](C(=O)N1CCC[C@H]1c1ncc(-c2ccc(-c3ccc(C4=CN=C([C@@H]5C6CCC(C6)[C@H]5C(=O)NCc5ccc[nH]c5=O)C4)cc3)cc2)[nH]1)[C@@H](C)OC. The summed E-state index contributed by atoms with van der Waals surface area (Å²) >= 11 is 0. The van der Waals surface area contributed by atoms with Crippen molar-refractivity contribution in [1.82, 2.24) is 25.2 Å². The Labute approximate surface area is 332 Å². The average molecular weight is 771 g/mol. The lowest BCUT2D eigenvalue weighted by atomic mass is 9.75. The molecule has 2 amide bonds. The lowest BCUT2D eigenvalue weighted by Crippen LogP contribution is -2.41. The van der Waals surface area contributed by atoms with Crippen molar-refractivity contribution >= 4 is 29.1 Å². The van der Waals surface area contributed by atoms with Gasteiger partial charge in [0, 0.05) is 62.1 Å². The molecule has 4 aliphatic rings. The number of rotatable bonds is 13. The molecule has 2 aromatic heterocycles. The van der Waals surface area contributed by atoms with Crippen LogP contribution in [-0.4, -0.2) is 70.2 Å². The number of pyridine rings is 1. The van der Waals surface area contributed by atoms with Gasteiger partial charge in [-0.25, -0.2) is 4.98 Å². The maximum absolute atomic E-state index is 13.7. The summed E-state index contributed by atoms with van der Waals surface area (Å²) in [7, 11) is 2.87. The monoisotopic (exact) mass is 770 g/mol. The first-order valence-electron chi connectivity index (χ1n) is 20.1. The number of carbonyl (C=O) groups excluding carboxylic acids is 3. The van der Waals surface area contributed by atoms with Gasteiger partial charge >= 0.3 is 5.97 Å². The lowest BCUT2D eigenvalue weighted by Gasteiger charge is -2.30. The van der Waals surface area contributed by atoms with Crippen LogP contribution in [0.1, 0.15) is 74.9 Å². The zero-order valence-electron chi connectivity index (χ0n) is 32.7. The molecule has 2 bridgehead atoms. The van der Waals surface area contributed by atoms with E-state index in [2.05, 4.69) is 63.8 Å². The largest absolute Gasteiger partial charge is 0.469 e. The van der Waals surface area contributed by atoms with Gasteiger partial charge in [-0.05, 0) is 84.8 Å². The van der Waals surface area contributed by atoms with Gasteiger partial charge < -0.3 is 29.7 Å². The van der Waals surface area contributed by atoms with Crippen LogP contribution >= 0.6 is 0 Å². The molecule has 7 atom stereocenters. The minimum absolute atomic E-state index is 0.0297. The van der Waals surface area contributed by atoms with Gasteiger partial charge in [-0.3, -0.25) is 24.2 Å². The molecule has 2 saturated carbocycles. The Morgan fingerprint density at radius 1 is 0.947 bits per heavy atom. The molecule has 2 aliphatic carbocycles. The number of methoxy groups -OCH3 is 2. The number of benzene rings is 2. The molecule has 8 rings (SSSR count). The smallest absolute Gasteiger partial charge is 0.306 e. The molecule has 2 unspecified atom stereocenters. The third kappa shape index (κ3) is 7.75. The van der Waals surface area contributed by atoms with Crippen molar-refractivity contribution in [3.05, 3.63) is 107 Å². The van der Waals surface area contributed by atoms with E-state index >= 15 is 0 Å². The molecule has 57 heavy (non-hydrogen) atoms. The maximum Gasteiger partial charge on any atom is 0.306 e. The normalized spacial score (nSPS) is 23.6. The Morgan fingerprint density at radius 3 is 2.39 bits per heavy atom. The van der Waals surface area contributed by atoms with Gasteiger partial charge in [0.25, 0.3) is 5.56 Å². The minimum Gasteiger partial charge on any atom is -0.469 e. The van der Waals surface area contributed by atoms with Crippen LogP contribution in [0.3, 0.4) is 0 Å². The summed E-state index contributed by atoms with van der Waals surface area (Å²) in [5, 5.41) is 3.07. The Balaban J connectivity index is 0.890. The molecule has 296 valence electrons. The molecule has 12 heteroatoms. The third-order valence-corrected chi connectivity index (χ3v) is 12.8. The van der Waals surface area contributed by atoms with E-state index in [0.29, 0.717) is 23.9 Å². The number of ether oxygens (including phenoxy) is 2. The quantitative estimate of drug-likeness (QED) is 0.131. The molecule has 4 heterocycles. The van der Waals surface area contributed by atoms with Crippen molar-refractivity contribution in [2.75, 3.05) is 20.8 Å². The summed E-state index contributed by atoms with van der Waals surface area (Å²) in [4.78, 5) is 69.1. The second-order valence-electron chi connectivity index (χ2n) is 15.9. The molecular formula is C45H50N6O6. The van der Waals surface area contributed by atoms with E-state index < -0.39 is 18.0 Å². The van der Waals surface area contributed by atoms with Crippen LogP contribution in [0.5, 0.6) is 0 Å². The fourth-order valence-corrected chi connectivity index (χ4v) is 9.65. The number of aromatic amines is 2. The molecule has 1 saturated heterocycles. The highest BCUT2D eigenvalue weighted by Crippen LogP contribution is 2.54. The predicted octanol–water partition coefficient (Wildman–Crippen LogP) is 6.47. The minimum atomic E-state index is -0.638. The summed E-state index contributed by atoms with van der Waals surface area (Å²) in [6, 6.07) is 20.2. The fourth-order valence-electron chi connectivity index (χ4n) is 9.65. The first kappa shape index (κ1) is 38.3. The summed E-state index contributed by atoms with van der Waals surface area (Å²) in [5.74, 6) is 0.404. The number of nitrogens with one attached hydrogen (secondary N) is 3. The Bertz CT molecular complexity index is 2240. The number of hydrogen-bond donors (Lipinski definition) is 3. The number of hydrogen-bond acceptors (Lipinski definition) is 8. The molecule has 3 N–H and O–H groups in total. The van der Waals surface area contributed by atoms with Crippen molar-refractivity contribution in [2.24, 2.45) is 34.6 Å². The average Bonchev–Trinajstić information content (AvgIpc) is 4.10. The third-order valence-electron chi connectivity index (χ3n) is 12.8. The molecule has 12 nitrogen and oxygen atoms in total. The molecule has 2 aromatic carbocycles. The number of likely N-dealkylation sites (tertiary alicyclic amines) is 1. The Morgan fingerprint density at radius 2 is 1.67 bits per heavy atom. The van der Waals surface area contributed by atoms with E-state index in [4.69, 9.17) is 19.5 Å². The zero-order chi connectivity index (χ0) is 39.6. The van der Waals surface area contributed by atoms with Crippen LogP contribution in [0, 0.1) is 29.6 Å². The van der Waals surface area contributed by atoms with Gasteiger partial charge in [0.2, 0.25) is 11.8 Å². The lowest BCUT2D eigenvalue weighted by molar-refractivity contribution is -0.151. The second-order valence-corrected chi connectivity index (χ2v) is 15.9. The number of aliphatic imine (C=N–C) groups is 1.